The predicted molar refractivity (Wildman–Crippen MR) is 89.6 cm³/mol. The van der Waals surface area contributed by atoms with Crippen molar-refractivity contribution < 1.29 is 4.74 Å². The number of thiophene rings is 1. The van der Waals surface area contributed by atoms with Crippen LogP contribution in [-0.2, 0) is 6.54 Å². The average molecular weight is 352 g/mol. The number of ether oxygens (including phenoxy) is 1. The Kier molecular flexibility index (Phi) is 5.83. The number of rotatable bonds is 7. The monoisotopic (exact) mass is 351 g/mol. The van der Waals surface area contributed by atoms with Crippen molar-refractivity contribution in [2.45, 2.75) is 19.0 Å². The Bertz CT molecular complexity index is 536. The zero-order valence-corrected chi connectivity index (χ0v) is 13.8. The summed E-state index contributed by atoms with van der Waals surface area (Å²) in [5.74, 6) is 0.886. The van der Waals surface area contributed by atoms with Gasteiger partial charge in [-0.2, -0.15) is 0 Å². The fourth-order valence-corrected chi connectivity index (χ4v) is 3.09. The van der Waals surface area contributed by atoms with Crippen LogP contribution < -0.4 is 10.1 Å². The second kappa shape index (κ2) is 7.62. The fourth-order valence-electron chi connectivity index (χ4n) is 1.97. The number of halogens is 1. The van der Waals surface area contributed by atoms with Gasteiger partial charge in [-0.05, 0) is 40.0 Å². The Morgan fingerprint density at radius 1 is 1.35 bits per heavy atom. The van der Waals surface area contributed by atoms with E-state index in [9.17, 15) is 0 Å². The molecule has 1 aromatic heterocycles. The summed E-state index contributed by atoms with van der Waals surface area (Å²) in [4.78, 5) is 1.33. The summed E-state index contributed by atoms with van der Waals surface area (Å²) < 4.78 is 6.18. The molecule has 0 aliphatic rings. The van der Waals surface area contributed by atoms with Crippen molar-refractivity contribution in [1.82, 2.24) is 5.32 Å². The molecule has 1 heterocycles. The molecule has 0 bridgehead atoms. The maximum atomic E-state index is 5.17. The smallest absolute Gasteiger partial charge is 0.118 e. The third-order valence-corrected chi connectivity index (χ3v) is 4.33. The summed E-state index contributed by atoms with van der Waals surface area (Å²) in [6.45, 7) is 4.77. The second-order valence-corrected chi connectivity index (χ2v) is 6.62. The van der Waals surface area contributed by atoms with Crippen LogP contribution in [0.2, 0.25) is 0 Å². The van der Waals surface area contributed by atoms with Gasteiger partial charge in [-0.15, -0.1) is 11.3 Å². The normalized spacial score (nSPS) is 12.1. The molecule has 1 atom stereocenters. The second-order valence-electron chi connectivity index (χ2n) is 4.52. The molecule has 0 saturated carbocycles. The summed E-state index contributed by atoms with van der Waals surface area (Å²) in [6.07, 6.45) is 0.886. The van der Waals surface area contributed by atoms with Crippen LogP contribution in [0.4, 0.5) is 0 Å². The number of hydrogen-bond acceptors (Lipinski definition) is 3. The molecule has 2 aromatic rings. The van der Waals surface area contributed by atoms with E-state index >= 15 is 0 Å². The summed E-state index contributed by atoms with van der Waals surface area (Å²) in [6, 6.07) is 12.7. The van der Waals surface area contributed by atoms with Gasteiger partial charge in [0.15, 0.2) is 0 Å². The van der Waals surface area contributed by atoms with E-state index in [2.05, 4.69) is 57.5 Å². The van der Waals surface area contributed by atoms with E-state index in [4.69, 9.17) is 4.74 Å². The Hall–Kier alpha value is -1.10. The van der Waals surface area contributed by atoms with Crippen LogP contribution in [0.25, 0.3) is 0 Å². The Balaban J connectivity index is 1.99. The summed E-state index contributed by atoms with van der Waals surface area (Å²) in [7, 11) is 1.68. The molecule has 2 rings (SSSR count). The molecule has 20 heavy (non-hydrogen) atoms. The molecular formula is C16H18BrNOS. The number of methoxy groups -OCH3 is 1. The van der Waals surface area contributed by atoms with Crippen molar-refractivity contribution >= 4 is 27.3 Å². The number of nitrogens with one attached hydrogen (secondary N) is 1. The van der Waals surface area contributed by atoms with E-state index in [0.717, 1.165) is 23.2 Å². The molecule has 0 aliphatic carbocycles. The van der Waals surface area contributed by atoms with Gasteiger partial charge >= 0.3 is 0 Å². The molecule has 1 aromatic carbocycles. The van der Waals surface area contributed by atoms with Gasteiger partial charge < -0.3 is 10.1 Å². The zero-order valence-electron chi connectivity index (χ0n) is 11.4. The van der Waals surface area contributed by atoms with Crippen molar-refractivity contribution in [3.8, 4) is 5.75 Å². The average Bonchev–Trinajstić information content (AvgIpc) is 2.97. The molecule has 2 nitrogen and oxygen atoms in total. The standard InChI is InChI=1S/C16H18BrNOS/c1-12(17)10-15(16-4-3-9-20-16)18-11-13-5-7-14(19-2)8-6-13/h3-9,15,18H,1,10-11H2,2H3. The number of hydrogen-bond donors (Lipinski definition) is 1. The lowest BCUT2D eigenvalue weighted by molar-refractivity contribution is 0.414. The lowest BCUT2D eigenvalue weighted by atomic mass is 10.1. The molecule has 0 fully saturated rings. The highest BCUT2D eigenvalue weighted by Crippen LogP contribution is 2.27. The summed E-state index contributed by atoms with van der Waals surface area (Å²) in [5.41, 5.74) is 1.24. The van der Waals surface area contributed by atoms with E-state index in [1.54, 1.807) is 18.4 Å². The van der Waals surface area contributed by atoms with Gasteiger partial charge in [0, 0.05) is 17.5 Å². The quantitative estimate of drug-likeness (QED) is 0.766. The lowest BCUT2D eigenvalue weighted by Gasteiger charge is -2.17. The van der Waals surface area contributed by atoms with Gasteiger partial charge in [0.1, 0.15) is 5.75 Å². The van der Waals surface area contributed by atoms with Crippen molar-refractivity contribution in [3.05, 3.63) is 63.3 Å². The highest BCUT2D eigenvalue weighted by molar-refractivity contribution is 9.11. The van der Waals surface area contributed by atoms with Gasteiger partial charge in [-0.3, -0.25) is 0 Å². The van der Waals surface area contributed by atoms with E-state index in [0.29, 0.717) is 6.04 Å². The van der Waals surface area contributed by atoms with Crippen LogP contribution in [-0.4, -0.2) is 7.11 Å². The van der Waals surface area contributed by atoms with E-state index < -0.39 is 0 Å². The molecule has 1 unspecified atom stereocenters. The van der Waals surface area contributed by atoms with E-state index in [1.807, 2.05) is 12.1 Å². The Morgan fingerprint density at radius 3 is 2.65 bits per heavy atom. The van der Waals surface area contributed by atoms with Crippen LogP contribution >= 0.6 is 27.3 Å². The fraction of sp³-hybridized carbons (Fsp3) is 0.250. The van der Waals surface area contributed by atoms with E-state index in [-0.39, 0.29) is 0 Å². The first kappa shape index (κ1) is 15.3. The van der Waals surface area contributed by atoms with Crippen LogP contribution in [0.5, 0.6) is 5.75 Å². The van der Waals surface area contributed by atoms with Gasteiger partial charge in [0.25, 0.3) is 0 Å². The summed E-state index contributed by atoms with van der Waals surface area (Å²) >= 11 is 5.23. The van der Waals surface area contributed by atoms with Crippen molar-refractivity contribution in [3.63, 3.8) is 0 Å². The molecule has 106 valence electrons. The maximum Gasteiger partial charge on any atom is 0.118 e. The molecular weight excluding hydrogens is 334 g/mol. The van der Waals surface area contributed by atoms with Gasteiger partial charge in [0.2, 0.25) is 0 Å². The van der Waals surface area contributed by atoms with Gasteiger partial charge in [0.05, 0.1) is 7.11 Å². The minimum atomic E-state index is 0.295. The van der Waals surface area contributed by atoms with Crippen LogP contribution in [0.1, 0.15) is 22.9 Å². The van der Waals surface area contributed by atoms with Crippen molar-refractivity contribution in [2.24, 2.45) is 0 Å². The third-order valence-electron chi connectivity index (χ3n) is 3.02. The molecule has 0 saturated heterocycles. The molecule has 4 heteroatoms. The predicted octanol–water partition coefficient (Wildman–Crippen LogP) is 4.89. The largest absolute Gasteiger partial charge is 0.497 e. The van der Waals surface area contributed by atoms with Gasteiger partial charge in [-0.25, -0.2) is 0 Å². The van der Waals surface area contributed by atoms with Gasteiger partial charge in [-0.1, -0.05) is 40.7 Å². The Morgan fingerprint density at radius 2 is 2.10 bits per heavy atom. The minimum Gasteiger partial charge on any atom is -0.497 e. The number of benzene rings is 1. The highest BCUT2D eigenvalue weighted by Gasteiger charge is 2.12. The van der Waals surface area contributed by atoms with Crippen LogP contribution in [0, 0.1) is 0 Å². The highest BCUT2D eigenvalue weighted by atomic mass is 79.9. The van der Waals surface area contributed by atoms with Crippen LogP contribution in [0.15, 0.2) is 52.8 Å². The minimum absolute atomic E-state index is 0.295. The zero-order chi connectivity index (χ0) is 14.4. The Labute approximate surface area is 132 Å². The van der Waals surface area contributed by atoms with Crippen LogP contribution in [0.3, 0.4) is 0 Å². The summed E-state index contributed by atoms with van der Waals surface area (Å²) in [5, 5.41) is 5.69. The third kappa shape index (κ3) is 4.47. The van der Waals surface area contributed by atoms with E-state index in [1.165, 1.54) is 10.4 Å². The van der Waals surface area contributed by atoms with Crippen molar-refractivity contribution in [2.75, 3.05) is 7.11 Å². The first-order valence-corrected chi connectivity index (χ1v) is 8.09. The molecule has 1 N–H and O–H groups in total. The lowest BCUT2D eigenvalue weighted by Crippen LogP contribution is -2.20. The first-order valence-electron chi connectivity index (χ1n) is 6.42. The molecule has 0 amide bonds. The first-order chi connectivity index (χ1) is 9.69. The molecule has 0 spiro atoms. The molecule has 0 radical (unpaired) electrons. The molecule has 0 aliphatic heterocycles. The SMILES string of the molecule is C=C(Br)CC(NCc1ccc(OC)cc1)c1cccs1. The maximum absolute atomic E-state index is 5.17. The van der Waals surface area contributed by atoms with Crippen molar-refractivity contribution in [1.29, 1.82) is 0 Å². The topological polar surface area (TPSA) is 21.3 Å².